The van der Waals surface area contributed by atoms with Crippen LogP contribution in [0.5, 0.6) is 0 Å². The van der Waals surface area contributed by atoms with E-state index >= 15 is 0 Å². The number of nitrogens with zero attached hydrogens (tertiary/aromatic N) is 3. The molecule has 0 unspecified atom stereocenters. The molecule has 2 aromatic rings. The van der Waals surface area contributed by atoms with Gasteiger partial charge in [0.1, 0.15) is 0 Å². The van der Waals surface area contributed by atoms with Gasteiger partial charge in [0.15, 0.2) is 0 Å². The molecule has 2 atom stereocenters. The second-order valence-corrected chi connectivity index (χ2v) is 6.24. The lowest BCUT2D eigenvalue weighted by Gasteiger charge is -2.25. The number of aromatic nitrogens is 2. The number of benzene rings is 1. The van der Waals surface area contributed by atoms with Gasteiger partial charge in [-0.2, -0.15) is 5.10 Å². The number of aryl methyl sites for hydroxylation is 2. The van der Waals surface area contributed by atoms with E-state index in [1.807, 2.05) is 38.1 Å². The summed E-state index contributed by atoms with van der Waals surface area (Å²) in [5, 5.41) is 7.05. The molecule has 3 rings (SSSR count). The first-order chi connectivity index (χ1) is 11.5. The van der Waals surface area contributed by atoms with Crippen molar-refractivity contribution < 1.29 is 9.59 Å². The van der Waals surface area contributed by atoms with Crippen LogP contribution in [0.15, 0.2) is 36.7 Å². The van der Waals surface area contributed by atoms with Crippen LogP contribution in [-0.2, 0) is 16.1 Å². The van der Waals surface area contributed by atoms with Crippen LogP contribution >= 0.6 is 0 Å². The monoisotopic (exact) mass is 326 g/mol. The van der Waals surface area contributed by atoms with Gasteiger partial charge in [0.25, 0.3) is 0 Å². The highest BCUT2D eigenvalue weighted by atomic mass is 16.2. The van der Waals surface area contributed by atoms with Gasteiger partial charge >= 0.3 is 0 Å². The first-order valence-corrected chi connectivity index (χ1v) is 8.15. The Balaban J connectivity index is 1.82. The highest BCUT2D eigenvalue weighted by Crippen LogP contribution is 2.37. The molecule has 1 aromatic carbocycles. The molecule has 24 heavy (non-hydrogen) atoms. The molecule has 2 heterocycles. The third-order valence-corrected chi connectivity index (χ3v) is 4.57. The minimum Gasteiger partial charge on any atom is -0.338 e. The van der Waals surface area contributed by atoms with Gasteiger partial charge < -0.3 is 10.2 Å². The average molecular weight is 326 g/mol. The number of carbonyl (C=O) groups excluding carboxylic acids is 2. The second-order valence-electron chi connectivity index (χ2n) is 6.24. The predicted molar refractivity (Wildman–Crippen MR) is 91.3 cm³/mol. The maximum Gasteiger partial charge on any atom is 0.230 e. The van der Waals surface area contributed by atoms with Crippen LogP contribution in [0.4, 0.5) is 5.69 Å². The molecule has 0 aliphatic carbocycles. The van der Waals surface area contributed by atoms with E-state index in [4.69, 9.17) is 0 Å². The highest BCUT2D eigenvalue weighted by Gasteiger charge is 2.42. The van der Waals surface area contributed by atoms with Gasteiger partial charge in [0, 0.05) is 26.2 Å². The van der Waals surface area contributed by atoms with Gasteiger partial charge in [-0.25, -0.2) is 0 Å². The normalized spacial score (nSPS) is 20.5. The van der Waals surface area contributed by atoms with Crippen molar-refractivity contribution in [3.05, 3.63) is 47.8 Å². The Kier molecular flexibility index (Phi) is 4.38. The largest absolute Gasteiger partial charge is 0.338 e. The quantitative estimate of drug-likeness (QED) is 0.938. The minimum atomic E-state index is -0.407. The van der Waals surface area contributed by atoms with Crippen molar-refractivity contribution in [2.75, 3.05) is 12.4 Å². The maximum atomic E-state index is 12.7. The number of hydrogen-bond donors (Lipinski definition) is 1. The highest BCUT2D eigenvalue weighted by molar-refractivity contribution is 5.97. The first-order valence-electron chi connectivity index (χ1n) is 8.15. The van der Waals surface area contributed by atoms with E-state index < -0.39 is 5.92 Å². The first kappa shape index (κ1) is 16.2. The molecule has 1 aromatic heterocycles. The van der Waals surface area contributed by atoms with E-state index in [0.717, 1.165) is 17.7 Å². The zero-order chi connectivity index (χ0) is 17.3. The van der Waals surface area contributed by atoms with Crippen LogP contribution in [-0.4, -0.2) is 33.5 Å². The molecule has 0 bridgehead atoms. The van der Waals surface area contributed by atoms with Gasteiger partial charge in [-0.05, 0) is 19.4 Å². The summed E-state index contributed by atoms with van der Waals surface area (Å²) in [4.78, 5) is 26.6. The molecule has 1 aliphatic heterocycles. The molecule has 0 spiro atoms. The molecule has 6 heteroatoms. The Hall–Kier alpha value is -2.63. The standard InChI is InChI=1S/C18H22N4O2/c1-4-22-11-14(10-19-22)20-18(24)15-9-16(23)21(3)17(15)13-7-5-12(2)6-8-13/h5-8,10-11,15,17H,4,9H2,1-3H3,(H,20,24)/t15-,17+/m1/s1. The summed E-state index contributed by atoms with van der Waals surface area (Å²) in [6.45, 7) is 4.74. The summed E-state index contributed by atoms with van der Waals surface area (Å²) in [6.07, 6.45) is 3.64. The van der Waals surface area contributed by atoms with E-state index in [1.54, 1.807) is 29.0 Å². The van der Waals surface area contributed by atoms with Crippen LogP contribution in [0.2, 0.25) is 0 Å². The van der Waals surface area contributed by atoms with Gasteiger partial charge in [-0.15, -0.1) is 0 Å². The molecule has 1 N–H and O–H groups in total. The van der Waals surface area contributed by atoms with Gasteiger partial charge in [0.05, 0.1) is 23.8 Å². The van der Waals surface area contributed by atoms with Crippen LogP contribution in [0, 0.1) is 12.8 Å². The Bertz CT molecular complexity index is 751. The number of amides is 2. The third-order valence-electron chi connectivity index (χ3n) is 4.57. The van der Waals surface area contributed by atoms with E-state index in [0.29, 0.717) is 5.69 Å². The average Bonchev–Trinajstić information content (AvgIpc) is 3.14. The number of hydrogen-bond acceptors (Lipinski definition) is 3. The van der Waals surface area contributed by atoms with Crippen molar-refractivity contribution in [1.82, 2.24) is 14.7 Å². The zero-order valence-corrected chi connectivity index (χ0v) is 14.2. The number of anilines is 1. The lowest BCUT2D eigenvalue weighted by atomic mass is 9.92. The van der Waals surface area contributed by atoms with Gasteiger partial charge in [-0.1, -0.05) is 29.8 Å². The van der Waals surface area contributed by atoms with E-state index in [9.17, 15) is 9.59 Å². The van der Waals surface area contributed by atoms with E-state index in [1.165, 1.54) is 0 Å². The summed E-state index contributed by atoms with van der Waals surface area (Å²) in [6, 6.07) is 7.76. The summed E-state index contributed by atoms with van der Waals surface area (Å²) < 4.78 is 1.75. The summed E-state index contributed by atoms with van der Waals surface area (Å²) >= 11 is 0. The number of rotatable bonds is 4. The topological polar surface area (TPSA) is 67.2 Å². The van der Waals surface area contributed by atoms with Gasteiger partial charge in [0.2, 0.25) is 11.8 Å². The smallest absolute Gasteiger partial charge is 0.230 e. The van der Waals surface area contributed by atoms with Crippen molar-refractivity contribution in [1.29, 1.82) is 0 Å². The van der Waals surface area contributed by atoms with Crippen LogP contribution in [0.3, 0.4) is 0 Å². The molecule has 2 amide bonds. The third kappa shape index (κ3) is 3.04. The summed E-state index contributed by atoms with van der Waals surface area (Å²) in [5.41, 5.74) is 2.79. The SMILES string of the molecule is CCn1cc(NC(=O)[C@@H]2CC(=O)N(C)[C@H]2c2ccc(C)cc2)cn1. The van der Waals surface area contributed by atoms with Crippen molar-refractivity contribution in [3.8, 4) is 0 Å². The Morgan fingerprint density at radius 2 is 2.04 bits per heavy atom. The summed E-state index contributed by atoms with van der Waals surface area (Å²) in [5.74, 6) is -0.561. The molecular weight excluding hydrogens is 304 g/mol. The number of carbonyl (C=O) groups is 2. The molecule has 6 nitrogen and oxygen atoms in total. The Morgan fingerprint density at radius 3 is 2.67 bits per heavy atom. The predicted octanol–water partition coefficient (Wildman–Crippen LogP) is 2.37. The Morgan fingerprint density at radius 1 is 1.33 bits per heavy atom. The molecule has 1 saturated heterocycles. The molecule has 126 valence electrons. The van der Waals surface area contributed by atoms with Crippen LogP contribution in [0.25, 0.3) is 0 Å². The summed E-state index contributed by atoms with van der Waals surface area (Å²) in [7, 11) is 1.76. The lowest BCUT2D eigenvalue weighted by molar-refractivity contribution is -0.127. The molecular formula is C18H22N4O2. The number of likely N-dealkylation sites (tertiary alicyclic amines) is 1. The molecule has 0 saturated carbocycles. The van der Waals surface area contributed by atoms with Crippen molar-refractivity contribution in [3.63, 3.8) is 0 Å². The lowest BCUT2D eigenvalue weighted by Crippen LogP contribution is -2.29. The number of nitrogens with one attached hydrogen (secondary N) is 1. The Labute approximate surface area is 141 Å². The van der Waals surface area contributed by atoms with Crippen molar-refractivity contribution in [2.45, 2.75) is 32.9 Å². The van der Waals surface area contributed by atoms with Crippen LogP contribution in [0.1, 0.15) is 30.5 Å². The van der Waals surface area contributed by atoms with Gasteiger partial charge in [-0.3, -0.25) is 14.3 Å². The van der Waals surface area contributed by atoms with Crippen molar-refractivity contribution >= 4 is 17.5 Å². The van der Waals surface area contributed by atoms with E-state index in [-0.39, 0.29) is 24.3 Å². The fraction of sp³-hybridized carbons (Fsp3) is 0.389. The fourth-order valence-electron chi connectivity index (χ4n) is 3.16. The molecule has 1 aliphatic rings. The van der Waals surface area contributed by atoms with Crippen molar-refractivity contribution in [2.24, 2.45) is 5.92 Å². The van der Waals surface area contributed by atoms with E-state index in [2.05, 4.69) is 10.4 Å². The second kappa shape index (κ2) is 6.47. The molecule has 0 radical (unpaired) electrons. The minimum absolute atomic E-state index is 0.00928. The zero-order valence-electron chi connectivity index (χ0n) is 14.2. The maximum absolute atomic E-state index is 12.7. The molecule has 1 fully saturated rings. The fourth-order valence-corrected chi connectivity index (χ4v) is 3.16. The van der Waals surface area contributed by atoms with Crippen LogP contribution < -0.4 is 5.32 Å².